The highest BCUT2D eigenvalue weighted by Gasteiger charge is 2.21. The summed E-state index contributed by atoms with van der Waals surface area (Å²) in [4.78, 5) is 0. The molecule has 0 radical (unpaired) electrons. The average molecular weight is 251 g/mol. The number of rotatable bonds is 6. The van der Waals surface area contributed by atoms with Crippen LogP contribution in [0, 0.1) is 5.92 Å². The molecule has 5 heteroatoms. The first-order valence-corrected chi connectivity index (χ1v) is 8.19. The molecule has 1 unspecified atom stereocenters. The van der Waals surface area contributed by atoms with Crippen LogP contribution in [0.5, 0.6) is 0 Å². The van der Waals surface area contributed by atoms with E-state index in [-0.39, 0.29) is 11.0 Å². The second kappa shape index (κ2) is 6.11. The molecule has 90 valence electrons. The van der Waals surface area contributed by atoms with E-state index < -0.39 is 10.1 Å². The molecule has 0 aromatic carbocycles. The Morgan fingerprint density at radius 3 is 2.47 bits per heavy atom. The third kappa shape index (κ3) is 5.78. The monoisotopic (exact) mass is 251 g/mol. The van der Waals surface area contributed by atoms with Gasteiger partial charge in [0.15, 0.2) is 0 Å². The molecule has 1 aliphatic rings. The summed E-state index contributed by atoms with van der Waals surface area (Å²) in [6, 6.07) is 0. The number of hydrogen-bond donors (Lipinski definition) is 0. The minimum atomic E-state index is -4.06. The maximum absolute atomic E-state index is 10.7. The van der Waals surface area contributed by atoms with Crippen LogP contribution in [0.2, 0.25) is 0 Å². The zero-order chi connectivity index (χ0) is 11.3. The first-order chi connectivity index (χ1) is 7.01. The smallest absolute Gasteiger partial charge is 0.0956 e. The van der Waals surface area contributed by atoms with Crippen molar-refractivity contribution in [1.29, 1.82) is 0 Å². The summed E-state index contributed by atoms with van der Waals surface area (Å²) < 4.78 is 32.2. The van der Waals surface area contributed by atoms with E-state index in [1.807, 2.05) is 6.92 Å². The van der Waals surface area contributed by atoms with Crippen molar-refractivity contribution in [2.45, 2.75) is 44.3 Å². The van der Waals surface area contributed by atoms with E-state index in [9.17, 15) is 13.0 Å². The quantitative estimate of drug-likeness (QED) is 0.679. The van der Waals surface area contributed by atoms with Crippen LogP contribution in [0.3, 0.4) is 0 Å². The number of thioether (sulfide) groups is 1. The lowest BCUT2D eigenvalue weighted by molar-refractivity contribution is 0.452. The molecule has 0 aromatic rings. The molecular weight excluding hydrogens is 232 g/mol. The zero-order valence-corrected chi connectivity index (χ0v) is 10.8. The lowest BCUT2D eigenvalue weighted by Gasteiger charge is -2.20. The first kappa shape index (κ1) is 13.3. The molecule has 1 fully saturated rings. The van der Waals surface area contributed by atoms with Gasteiger partial charge in [-0.2, -0.15) is 11.8 Å². The summed E-state index contributed by atoms with van der Waals surface area (Å²) in [5.41, 5.74) is 0. The van der Waals surface area contributed by atoms with Crippen LogP contribution >= 0.6 is 11.8 Å². The minimum Gasteiger partial charge on any atom is -0.748 e. The Balaban J connectivity index is 2.42. The predicted molar refractivity (Wildman–Crippen MR) is 63.1 cm³/mol. The summed E-state index contributed by atoms with van der Waals surface area (Å²) in [7, 11) is -4.06. The highest BCUT2D eigenvalue weighted by atomic mass is 32.2. The maximum Gasteiger partial charge on any atom is 0.0956 e. The van der Waals surface area contributed by atoms with Crippen molar-refractivity contribution >= 4 is 21.9 Å². The molecule has 0 aromatic heterocycles. The average Bonchev–Trinajstić information content (AvgIpc) is 2.54. The van der Waals surface area contributed by atoms with Gasteiger partial charge in [0, 0.05) is 5.25 Å². The predicted octanol–water partition coefficient (Wildman–Crippen LogP) is 2.23. The fraction of sp³-hybridized carbons (Fsp3) is 1.00. The SMILES string of the molecule is CCSC(CC1CCCC1)CS(=O)(=O)[O-]. The lowest BCUT2D eigenvalue weighted by Crippen LogP contribution is -2.20. The van der Waals surface area contributed by atoms with Crippen LogP contribution < -0.4 is 0 Å². The van der Waals surface area contributed by atoms with Gasteiger partial charge >= 0.3 is 0 Å². The first-order valence-electron chi connectivity index (χ1n) is 5.56. The maximum atomic E-state index is 10.7. The van der Waals surface area contributed by atoms with Gasteiger partial charge in [-0.25, -0.2) is 8.42 Å². The molecule has 3 nitrogen and oxygen atoms in total. The van der Waals surface area contributed by atoms with E-state index >= 15 is 0 Å². The van der Waals surface area contributed by atoms with Crippen LogP contribution in [0.4, 0.5) is 0 Å². The van der Waals surface area contributed by atoms with Crippen LogP contribution in [0.1, 0.15) is 39.0 Å². The summed E-state index contributed by atoms with van der Waals surface area (Å²) in [5.74, 6) is 1.34. The van der Waals surface area contributed by atoms with E-state index in [0.29, 0.717) is 5.92 Å². The van der Waals surface area contributed by atoms with Crippen LogP contribution in [-0.4, -0.2) is 29.7 Å². The normalized spacial score (nSPS) is 20.7. The van der Waals surface area contributed by atoms with Crippen LogP contribution in [0.25, 0.3) is 0 Å². The Kier molecular flexibility index (Phi) is 5.43. The molecular formula is C10H19O3S2-. The van der Waals surface area contributed by atoms with Crippen molar-refractivity contribution < 1.29 is 13.0 Å². The molecule has 15 heavy (non-hydrogen) atoms. The molecule has 1 aliphatic carbocycles. The van der Waals surface area contributed by atoms with E-state index in [1.165, 1.54) is 25.7 Å². The van der Waals surface area contributed by atoms with Crippen molar-refractivity contribution in [2.24, 2.45) is 5.92 Å². The highest BCUT2D eigenvalue weighted by Crippen LogP contribution is 2.32. The van der Waals surface area contributed by atoms with Gasteiger partial charge < -0.3 is 4.55 Å². The minimum absolute atomic E-state index is 0.0144. The Morgan fingerprint density at radius 2 is 2.00 bits per heavy atom. The Bertz CT molecular complexity index is 268. The van der Waals surface area contributed by atoms with Crippen LogP contribution in [-0.2, 0) is 10.1 Å². The van der Waals surface area contributed by atoms with E-state index in [1.54, 1.807) is 11.8 Å². The zero-order valence-electron chi connectivity index (χ0n) is 9.15. The second-order valence-electron chi connectivity index (χ2n) is 4.19. The topological polar surface area (TPSA) is 57.2 Å². The summed E-state index contributed by atoms with van der Waals surface area (Å²) in [6.45, 7) is 2.00. The second-order valence-corrected chi connectivity index (χ2v) is 7.21. The third-order valence-electron chi connectivity index (χ3n) is 2.86. The molecule has 0 heterocycles. The molecule has 0 bridgehead atoms. The fourth-order valence-corrected chi connectivity index (χ4v) is 4.62. The largest absolute Gasteiger partial charge is 0.748 e. The molecule has 0 saturated heterocycles. The molecule has 0 aliphatic heterocycles. The van der Waals surface area contributed by atoms with Crippen molar-refractivity contribution in [2.75, 3.05) is 11.5 Å². The third-order valence-corrected chi connectivity index (χ3v) is 5.05. The fourth-order valence-electron chi connectivity index (χ4n) is 2.27. The standard InChI is InChI=1S/C10H20O3S2/c1-2-14-10(8-15(11,12)13)7-9-5-3-4-6-9/h9-10H,2-8H2,1H3,(H,11,12,13)/p-1. The molecule has 1 rings (SSSR count). The van der Waals surface area contributed by atoms with Crippen LogP contribution in [0.15, 0.2) is 0 Å². The summed E-state index contributed by atoms with van der Waals surface area (Å²) >= 11 is 1.61. The van der Waals surface area contributed by atoms with Crippen molar-refractivity contribution in [3.63, 3.8) is 0 Å². The van der Waals surface area contributed by atoms with Crippen molar-refractivity contribution in [3.8, 4) is 0 Å². The highest BCUT2D eigenvalue weighted by molar-refractivity contribution is 8.00. The molecule has 0 amide bonds. The lowest BCUT2D eigenvalue weighted by atomic mass is 10.0. The van der Waals surface area contributed by atoms with Gasteiger partial charge in [-0.15, -0.1) is 0 Å². The van der Waals surface area contributed by atoms with Gasteiger partial charge in [0.05, 0.1) is 15.9 Å². The Hall–Kier alpha value is 0.260. The van der Waals surface area contributed by atoms with E-state index in [0.717, 1.165) is 12.2 Å². The Labute approximate surface area is 96.8 Å². The molecule has 1 saturated carbocycles. The molecule has 0 N–H and O–H groups in total. The molecule has 0 spiro atoms. The van der Waals surface area contributed by atoms with E-state index in [4.69, 9.17) is 0 Å². The summed E-state index contributed by atoms with van der Waals surface area (Å²) in [6.07, 6.45) is 5.84. The van der Waals surface area contributed by atoms with Gasteiger partial charge in [0.1, 0.15) is 0 Å². The van der Waals surface area contributed by atoms with Gasteiger partial charge in [0.25, 0.3) is 0 Å². The van der Waals surface area contributed by atoms with Gasteiger partial charge in [-0.05, 0) is 18.1 Å². The van der Waals surface area contributed by atoms with Crippen molar-refractivity contribution in [3.05, 3.63) is 0 Å². The van der Waals surface area contributed by atoms with Gasteiger partial charge in [-0.1, -0.05) is 32.6 Å². The van der Waals surface area contributed by atoms with Gasteiger partial charge in [-0.3, -0.25) is 0 Å². The number of hydrogen-bond acceptors (Lipinski definition) is 4. The van der Waals surface area contributed by atoms with Crippen molar-refractivity contribution in [1.82, 2.24) is 0 Å². The molecule has 1 atom stereocenters. The van der Waals surface area contributed by atoms with Gasteiger partial charge in [0.2, 0.25) is 0 Å². The summed E-state index contributed by atoms with van der Waals surface area (Å²) in [5, 5.41) is 0.0144. The van der Waals surface area contributed by atoms with E-state index in [2.05, 4.69) is 0 Å². The Morgan fingerprint density at radius 1 is 1.40 bits per heavy atom.